The third-order valence-corrected chi connectivity index (χ3v) is 4.70. The Bertz CT molecular complexity index is 1180. The van der Waals surface area contributed by atoms with Crippen molar-refractivity contribution in [2.75, 3.05) is 28.6 Å². The molecule has 9 heteroatoms. The zero-order valence-electron chi connectivity index (χ0n) is 15.4. The van der Waals surface area contributed by atoms with Crippen LogP contribution in [0.1, 0.15) is 6.42 Å². The van der Waals surface area contributed by atoms with E-state index in [1.807, 2.05) is 36.4 Å². The van der Waals surface area contributed by atoms with Gasteiger partial charge < -0.3 is 5.32 Å². The minimum absolute atomic E-state index is 0.269. The van der Waals surface area contributed by atoms with Crippen LogP contribution in [0.4, 0.5) is 22.1 Å². The first-order valence-electron chi connectivity index (χ1n) is 9.25. The maximum Gasteiger partial charge on any atom is 0.328 e. The number of benzene rings is 1. The Morgan fingerprint density at radius 2 is 2.03 bits per heavy atom. The molecule has 5 rings (SSSR count). The van der Waals surface area contributed by atoms with Gasteiger partial charge in [-0.3, -0.25) is 10.2 Å². The van der Waals surface area contributed by atoms with E-state index in [4.69, 9.17) is 9.61 Å². The molecule has 4 aromatic rings. The van der Waals surface area contributed by atoms with Crippen LogP contribution in [0.5, 0.6) is 0 Å². The summed E-state index contributed by atoms with van der Waals surface area (Å²) in [6, 6.07) is 14.6. The molecule has 0 saturated carbocycles. The fourth-order valence-electron chi connectivity index (χ4n) is 3.27. The monoisotopic (exact) mass is 387 g/mol. The number of carbonyl (C=O) groups excluding carboxylic acids is 1. The number of rotatable bonds is 2. The molecule has 0 saturated heterocycles. The van der Waals surface area contributed by atoms with Gasteiger partial charge in [0.05, 0.1) is 11.4 Å². The molecule has 0 spiro atoms. The molecule has 9 nitrogen and oxygen atoms in total. The van der Waals surface area contributed by atoms with Crippen LogP contribution >= 0.6 is 0 Å². The second-order valence-corrected chi connectivity index (χ2v) is 6.61. The SMILES string of the molecule is O=C(Nc1ccccn1)N1CCCNc2ccc(-c3ccc4nonc4c3)nc21. The molecule has 4 heterocycles. The molecule has 1 aliphatic heterocycles. The van der Waals surface area contributed by atoms with Gasteiger partial charge in [0.15, 0.2) is 5.82 Å². The van der Waals surface area contributed by atoms with Gasteiger partial charge in [0.2, 0.25) is 0 Å². The van der Waals surface area contributed by atoms with Crippen molar-refractivity contribution in [1.82, 2.24) is 20.3 Å². The van der Waals surface area contributed by atoms with Crippen molar-refractivity contribution in [3.05, 3.63) is 54.7 Å². The zero-order valence-corrected chi connectivity index (χ0v) is 15.4. The zero-order chi connectivity index (χ0) is 19.6. The van der Waals surface area contributed by atoms with E-state index in [1.165, 1.54) is 0 Å². The number of nitrogens with one attached hydrogen (secondary N) is 2. The van der Waals surface area contributed by atoms with E-state index in [9.17, 15) is 4.79 Å². The number of pyridine rings is 2. The average Bonchev–Trinajstić information content (AvgIpc) is 3.12. The minimum Gasteiger partial charge on any atom is -0.382 e. The molecular weight excluding hydrogens is 370 g/mol. The van der Waals surface area contributed by atoms with Crippen LogP contribution in [0.2, 0.25) is 0 Å². The van der Waals surface area contributed by atoms with Crippen LogP contribution in [0.3, 0.4) is 0 Å². The second kappa shape index (κ2) is 7.19. The van der Waals surface area contributed by atoms with Gasteiger partial charge in [-0.25, -0.2) is 19.4 Å². The lowest BCUT2D eigenvalue weighted by molar-refractivity contribution is 0.256. The van der Waals surface area contributed by atoms with Crippen LogP contribution in [-0.4, -0.2) is 39.4 Å². The van der Waals surface area contributed by atoms with E-state index in [1.54, 1.807) is 23.2 Å². The summed E-state index contributed by atoms with van der Waals surface area (Å²) < 4.78 is 4.77. The number of anilines is 3. The molecule has 0 fully saturated rings. The van der Waals surface area contributed by atoms with Crippen molar-refractivity contribution in [3.8, 4) is 11.3 Å². The van der Waals surface area contributed by atoms with Crippen molar-refractivity contribution in [1.29, 1.82) is 0 Å². The molecule has 0 unspecified atom stereocenters. The van der Waals surface area contributed by atoms with Crippen molar-refractivity contribution in [2.24, 2.45) is 0 Å². The lowest BCUT2D eigenvalue weighted by atomic mass is 10.1. The predicted octanol–water partition coefficient (Wildman–Crippen LogP) is 3.53. The van der Waals surface area contributed by atoms with Gasteiger partial charge in [-0.15, -0.1) is 0 Å². The van der Waals surface area contributed by atoms with Gasteiger partial charge in [0.1, 0.15) is 16.9 Å². The summed E-state index contributed by atoms with van der Waals surface area (Å²) in [4.78, 5) is 23.5. The maximum atomic E-state index is 12.9. The van der Waals surface area contributed by atoms with Gasteiger partial charge >= 0.3 is 6.03 Å². The number of nitrogens with zero attached hydrogens (tertiary/aromatic N) is 5. The first kappa shape index (κ1) is 17.1. The van der Waals surface area contributed by atoms with E-state index in [0.717, 1.165) is 29.9 Å². The first-order chi connectivity index (χ1) is 14.3. The smallest absolute Gasteiger partial charge is 0.328 e. The fraction of sp³-hybridized carbons (Fsp3) is 0.150. The van der Waals surface area contributed by atoms with E-state index >= 15 is 0 Å². The molecule has 0 radical (unpaired) electrons. The number of aromatic nitrogens is 4. The van der Waals surface area contributed by atoms with Gasteiger partial charge in [0.25, 0.3) is 0 Å². The highest BCUT2D eigenvalue weighted by atomic mass is 16.6. The maximum absolute atomic E-state index is 12.9. The van der Waals surface area contributed by atoms with Crippen molar-refractivity contribution < 1.29 is 9.42 Å². The molecule has 0 bridgehead atoms. The average molecular weight is 387 g/mol. The molecule has 29 heavy (non-hydrogen) atoms. The molecule has 3 aromatic heterocycles. The summed E-state index contributed by atoms with van der Waals surface area (Å²) in [5.41, 5.74) is 3.74. The predicted molar refractivity (Wildman–Crippen MR) is 109 cm³/mol. The van der Waals surface area contributed by atoms with Crippen molar-refractivity contribution in [2.45, 2.75) is 6.42 Å². The first-order valence-corrected chi connectivity index (χ1v) is 9.25. The van der Waals surface area contributed by atoms with Crippen LogP contribution in [0.25, 0.3) is 22.3 Å². The van der Waals surface area contributed by atoms with Gasteiger partial charge in [-0.2, -0.15) is 0 Å². The normalized spacial score (nSPS) is 13.4. The Kier molecular flexibility index (Phi) is 4.24. The molecule has 1 aromatic carbocycles. The quantitative estimate of drug-likeness (QED) is 0.541. The van der Waals surface area contributed by atoms with Gasteiger partial charge in [-0.1, -0.05) is 12.1 Å². The summed E-state index contributed by atoms with van der Waals surface area (Å²) in [5.74, 6) is 1.07. The topological polar surface area (TPSA) is 109 Å². The van der Waals surface area contributed by atoms with Gasteiger partial charge in [0, 0.05) is 24.8 Å². The largest absolute Gasteiger partial charge is 0.382 e. The number of hydrogen-bond donors (Lipinski definition) is 2. The van der Waals surface area contributed by atoms with Crippen LogP contribution in [0, 0.1) is 0 Å². The third kappa shape index (κ3) is 3.33. The van der Waals surface area contributed by atoms with E-state index < -0.39 is 0 Å². The molecule has 1 aliphatic rings. The fourth-order valence-corrected chi connectivity index (χ4v) is 3.27. The second-order valence-electron chi connectivity index (χ2n) is 6.61. The number of amides is 2. The highest BCUT2D eigenvalue weighted by Gasteiger charge is 2.23. The molecule has 0 aliphatic carbocycles. The standard InChI is InChI=1S/C20H17N7O2/c28-20(24-18-4-1-2-9-22-18)27-11-3-10-21-16-8-7-14(23-19(16)27)13-5-6-15-17(12-13)26-29-25-15/h1-2,4-9,12,21H,3,10-11H2,(H,22,24,28). The van der Waals surface area contributed by atoms with Crippen LogP contribution in [-0.2, 0) is 0 Å². The van der Waals surface area contributed by atoms with Crippen LogP contribution in [0.15, 0.2) is 59.4 Å². The summed E-state index contributed by atoms with van der Waals surface area (Å²) in [7, 11) is 0. The minimum atomic E-state index is -0.269. The molecule has 144 valence electrons. The number of carbonyl (C=O) groups is 1. The highest BCUT2D eigenvalue weighted by molar-refractivity contribution is 6.02. The lowest BCUT2D eigenvalue weighted by Gasteiger charge is -2.22. The van der Waals surface area contributed by atoms with Crippen molar-refractivity contribution >= 4 is 34.4 Å². The number of fused-ring (bicyclic) bond motifs is 2. The summed E-state index contributed by atoms with van der Waals surface area (Å²) >= 11 is 0. The Hall–Kier alpha value is -4.01. The van der Waals surface area contributed by atoms with E-state index in [-0.39, 0.29) is 6.03 Å². The molecule has 2 amide bonds. The summed E-state index contributed by atoms with van der Waals surface area (Å²) in [6.45, 7) is 1.30. The Labute approximate surface area is 165 Å². The Balaban J connectivity index is 1.51. The number of hydrogen-bond acceptors (Lipinski definition) is 7. The lowest BCUT2D eigenvalue weighted by Crippen LogP contribution is -2.36. The number of urea groups is 1. The van der Waals surface area contributed by atoms with Crippen molar-refractivity contribution in [3.63, 3.8) is 0 Å². The Morgan fingerprint density at radius 1 is 1.10 bits per heavy atom. The summed E-state index contributed by atoms with van der Waals surface area (Å²) in [5, 5.41) is 13.9. The van der Waals surface area contributed by atoms with Gasteiger partial charge in [-0.05, 0) is 53.1 Å². The Morgan fingerprint density at radius 3 is 2.93 bits per heavy atom. The highest BCUT2D eigenvalue weighted by Crippen LogP contribution is 2.31. The summed E-state index contributed by atoms with van der Waals surface area (Å²) in [6.07, 6.45) is 2.44. The van der Waals surface area contributed by atoms with E-state index in [2.05, 4.69) is 25.9 Å². The molecular formula is C20H17N7O2. The molecule has 2 N–H and O–H groups in total. The third-order valence-electron chi connectivity index (χ3n) is 4.70. The molecule has 0 atom stereocenters. The van der Waals surface area contributed by atoms with Crippen LogP contribution < -0.4 is 15.5 Å². The van der Waals surface area contributed by atoms with E-state index in [0.29, 0.717) is 29.2 Å².